The summed E-state index contributed by atoms with van der Waals surface area (Å²) >= 11 is -3.89. The average Bonchev–Trinajstić information content (AvgIpc) is 2.62. The molecule has 0 fully saturated rings. The van der Waals surface area contributed by atoms with Crippen LogP contribution in [-0.2, 0) is 13.3 Å². The van der Waals surface area contributed by atoms with Crippen molar-refractivity contribution in [2.45, 2.75) is 13.8 Å². The number of hydrogen-bond acceptors (Lipinski definition) is 5. The first-order valence-corrected chi connectivity index (χ1v) is 12.2. The van der Waals surface area contributed by atoms with Crippen LogP contribution in [0.2, 0.25) is 0 Å². The molecule has 0 bridgehead atoms. The SMILES string of the molecule is CC(=O)Nc1c([As](=O)(O)O)cc(I)c(F)c1O.CCOC(=O)c1ccccc1. The molecule has 11 heteroatoms. The first kappa shape index (κ1) is 24.2. The normalized spacial score (nSPS) is 10.5. The number of anilines is 1. The molecule has 28 heavy (non-hydrogen) atoms. The van der Waals surface area contributed by atoms with Gasteiger partial charge in [0.25, 0.3) is 0 Å². The molecule has 8 nitrogen and oxygen atoms in total. The molecule has 4 N–H and O–H groups in total. The number of ether oxygens (including phenoxy) is 1. The summed E-state index contributed by atoms with van der Waals surface area (Å²) in [6.45, 7) is 3.29. The van der Waals surface area contributed by atoms with Gasteiger partial charge in [0, 0.05) is 0 Å². The first-order valence-electron chi connectivity index (χ1n) is 7.75. The van der Waals surface area contributed by atoms with E-state index < -0.39 is 41.7 Å². The topological polar surface area (TPSA) is 133 Å². The molecule has 0 saturated heterocycles. The fourth-order valence-electron chi connectivity index (χ4n) is 1.92. The third-order valence-electron chi connectivity index (χ3n) is 3.07. The van der Waals surface area contributed by atoms with Gasteiger partial charge in [-0.3, -0.25) is 0 Å². The molecule has 0 aliphatic carbocycles. The Balaban J connectivity index is 0.000000307. The summed E-state index contributed by atoms with van der Waals surface area (Å²) in [4.78, 5) is 21.9. The Bertz CT molecular complexity index is 902. The molecule has 0 heterocycles. The molecule has 2 aromatic rings. The van der Waals surface area contributed by atoms with Crippen LogP contribution >= 0.6 is 22.6 Å². The van der Waals surface area contributed by atoms with E-state index >= 15 is 0 Å². The zero-order valence-electron chi connectivity index (χ0n) is 14.8. The number of rotatable bonds is 4. The van der Waals surface area contributed by atoms with Crippen molar-refractivity contribution in [1.82, 2.24) is 0 Å². The van der Waals surface area contributed by atoms with E-state index in [1.54, 1.807) is 19.1 Å². The van der Waals surface area contributed by atoms with Gasteiger partial charge in [0.2, 0.25) is 0 Å². The number of phenolic OH excluding ortho intramolecular Hbond substituents is 1. The first-order chi connectivity index (χ1) is 13.0. The Labute approximate surface area is 176 Å². The number of phenols is 1. The van der Waals surface area contributed by atoms with Crippen molar-refractivity contribution in [1.29, 1.82) is 0 Å². The van der Waals surface area contributed by atoms with E-state index in [4.69, 9.17) is 12.9 Å². The van der Waals surface area contributed by atoms with E-state index in [1.165, 1.54) is 22.6 Å². The molecule has 0 atom stereocenters. The Hall–Kier alpha value is -1.88. The van der Waals surface area contributed by atoms with E-state index in [0.717, 1.165) is 13.0 Å². The number of amides is 1. The summed E-state index contributed by atoms with van der Waals surface area (Å²) in [6.07, 6.45) is 0. The predicted octanol–water partition coefficient (Wildman–Crippen LogP) is 1.52. The summed E-state index contributed by atoms with van der Waals surface area (Å²) in [5, 5.41) is 11.5. The van der Waals surface area contributed by atoms with Crippen LogP contribution in [0.25, 0.3) is 0 Å². The summed E-state index contributed by atoms with van der Waals surface area (Å²) in [7, 11) is 0. The molecular formula is C17H18AsFINO7. The van der Waals surface area contributed by atoms with Crippen molar-refractivity contribution in [2.75, 3.05) is 11.9 Å². The summed E-state index contributed by atoms with van der Waals surface area (Å²) in [6, 6.07) is 9.86. The summed E-state index contributed by atoms with van der Waals surface area (Å²) in [5.41, 5.74) is 0.0252. The van der Waals surface area contributed by atoms with Crippen LogP contribution in [0.15, 0.2) is 36.4 Å². The van der Waals surface area contributed by atoms with Crippen LogP contribution in [0.5, 0.6) is 5.75 Å². The average molecular weight is 569 g/mol. The van der Waals surface area contributed by atoms with Gasteiger partial charge in [-0.25, -0.2) is 4.79 Å². The number of carbonyl (C=O) groups excluding carboxylic acids is 2. The Kier molecular flexibility index (Phi) is 9.15. The van der Waals surface area contributed by atoms with Gasteiger partial charge < -0.3 is 4.74 Å². The second-order valence-corrected chi connectivity index (χ2v) is 9.68. The standard InChI is InChI=1S/C9H10O2.C8H8AsFINO5/c1-2-11-9(10)8-6-4-3-5-7-8;1-3(13)12-7-4(9(15,16)17)2-5(11)6(10)8(7)14/h3-7H,2H2,1H3;2,14H,1H3,(H,12,13)(H2,15,16,17). The number of esters is 1. The molecule has 0 radical (unpaired) electrons. The van der Waals surface area contributed by atoms with Crippen LogP contribution in [0, 0.1) is 9.39 Å². The minimum atomic E-state index is -5.38. The minimum absolute atomic E-state index is 0.145. The van der Waals surface area contributed by atoms with Crippen molar-refractivity contribution in [2.24, 2.45) is 0 Å². The van der Waals surface area contributed by atoms with E-state index in [-0.39, 0.29) is 9.54 Å². The van der Waals surface area contributed by atoms with Gasteiger partial charge in [0.15, 0.2) is 0 Å². The van der Waals surface area contributed by atoms with Crippen molar-refractivity contribution >= 4 is 58.7 Å². The molecular weight excluding hydrogens is 551 g/mol. The number of carbonyl (C=O) groups is 2. The van der Waals surface area contributed by atoms with Crippen LogP contribution in [0.1, 0.15) is 24.2 Å². The van der Waals surface area contributed by atoms with Crippen LogP contribution in [0.3, 0.4) is 0 Å². The van der Waals surface area contributed by atoms with E-state index in [9.17, 15) is 22.8 Å². The molecule has 0 saturated carbocycles. The number of hydrogen-bond donors (Lipinski definition) is 4. The molecule has 2 aromatic carbocycles. The molecule has 0 unspecified atom stereocenters. The second-order valence-electron chi connectivity index (χ2n) is 5.23. The van der Waals surface area contributed by atoms with E-state index in [2.05, 4.69) is 0 Å². The maximum Gasteiger partial charge on any atom is 0.338 e. The number of halogens is 2. The quantitative estimate of drug-likeness (QED) is 0.190. The minimum Gasteiger partial charge on any atom is -0.462 e. The zero-order chi connectivity index (χ0) is 21.5. The predicted molar refractivity (Wildman–Crippen MR) is 108 cm³/mol. The maximum absolute atomic E-state index is 13.4. The third kappa shape index (κ3) is 6.93. The monoisotopic (exact) mass is 569 g/mol. The maximum atomic E-state index is 13.4. The molecule has 0 spiro atoms. The van der Waals surface area contributed by atoms with E-state index in [0.29, 0.717) is 12.2 Å². The van der Waals surface area contributed by atoms with Crippen molar-refractivity contribution in [3.63, 3.8) is 0 Å². The van der Waals surface area contributed by atoms with Crippen molar-refractivity contribution < 1.29 is 35.8 Å². The molecule has 0 aliphatic rings. The smallest absolute Gasteiger partial charge is 0.338 e. The largest absolute Gasteiger partial charge is 0.462 e. The van der Waals surface area contributed by atoms with Gasteiger partial charge >= 0.3 is 118 Å². The second kappa shape index (κ2) is 10.6. The summed E-state index contributed by atoms with van der Waals surface area (Å²) < 4.78 is 46.9. The fourth-order valence-corrected chi connectivity index (χ4v) is 4.59. The van der Waals surface area contributed by atoms with Gasteiger partial charge in [-0.1, -0.05) is 18.2 Å². The number of benzene rings is 2. The van der Waals surface area contributed by atoms with Crippen molar-refractivity contribution in [3.05, 3.63) is 51.3 Å². The van der Waals surface area contributed by atoms with Crippen LogP contribution in [-0.4, -0.2) is 46.0 Å². The molecule has 2 rings (SSSR count). The van der Waals surface area contributed by atoms with Crippen LogP contribution in [0.4, 0.5) is 10.1 Å². The van der Waals surface area contributed by atoms with Gasteiger partial charge in [-0.15, -0.1) is 0 Å². The third-order valence-corrected chi connectivity index (χ3v) is 5.92. The van der Waals surface area contributed by atoms with E-state index in [1.807, 2.05) is 23.5 Å². The van der Waals surface area contributed by atoms with Gasteiger partial charge in [0.1, 0.15) is 0 Å². The van der Waals surface area contributed by atoms with Crippen LogP contribution < -0.4 is 9.67 Å². The molecule has 0 aliphatic heterocycles. The van der Waals surface area contributed by atoms with Gasteiger partial charge in [-0.2, -0.15) is 0 Å². The summed E-state index contributed by atoms with van der Waals surface area (Å²) in [5.74, 6) is -2.95. The Morgan fingerprint density at radius 1 is 1.25 bits per heavy atom. The number of nitrogens with one attached hydrogen (secondary N) is 1. The molecule has 0 aromatic heterocycles. The molecule has 152 valence electrons. The Morgan fingerprint density at radius 2 is 1.82 bits per heavy atom. The molecule has 1 amide bonds. The van der Waals surface area contributed by atoms with Gasteiger partial charge in [-0.05, 0) is 19.1 Å². The van der Waals surface area contributed by atoms with Gasteiger partial charge in [0.05, 0.1) is 12.2 Å². The Morgan fingerprint density at radius 3 is 2.29 bits per heavy atom. The fraction of sp³-hybridized carbons (Fsp3) is 0.176. The number of aromatic hydroxyl groups is 1. The van der Waals surface area contributed by atoms with Crippen molar-refractivity contribution in [3.8, 4) is 5.75 Å². The zero-order valence-corrected chi connectivity index (χ0v) is 18.9.